The predicted molar refractivity (Wildman–Crippen MR) is 105 cm³/mol. The topological polar surface area (TPSA) is 77.0 Å². The standard InChI is InChI=1S/C16H32N4O2.HI/c1-5-17-15(18-10-13(2)11-21)19-12-16(8-6-7-9-16)14(22)20(3)4;/h13,21H,5-12H2,1-4H3,(H2,17,18,19);1H. The van der Waals surface area contributed by atoms with E-state index in [2.05, 4.69) is 15.6 Å². The third-order valence-electron chi connectivity index (χ3n) is 4.23. The first-order valence-corrected chi connectivity index (χ1v) is 8.30. The summed E-state index contributed by atoms with van der Waals surface area (Å²) < 4.78 is 0. The predicted octanol–water partition coefficient (Wildman–Crippen LogP) is 1.44. The van der Waals surface area contributed by atoms with E-state index in [1.165, 1.54) is 0 Å². The number of aliphatic hydroxyl groups is 1. The highest BCUT2D eigenvalue weighted by Crippen LogP contribution is 2.39. The lowest BCUT2D eigenvalue weighted by molar-refractivity contribution is -0.138. The van der Waals surface area contributed by atoms with Gasteiger partial charge in [-0.1, -0.05) is 19.8 Å². The van der Waals surface area contributed by atoms with Crippen molar-refractivity contribution in [1.29, 1.82) is 0 Å². The van der Waals surface area contributed by atoms with E-state index < -0.39 is 0 Å². The van der Waals surface area contributed by atoms with Crippen LogP contribution in [0.1, 0.15) is 39.5 Å². The molecule has 1 unspecified atom stereocenters. The van der Waals surface area contributed by atoms with E-state index in [0.717, 1.165) is 38.2 Å². The molecule has 0 bridgehead atoms. The number of hydrogen-bond acceptors (Lipinski definition) is 3. The fraction of sp³-hybridized carbons (Fsp3) is 0.875. The van der Waals surface area contributed by atoms with Crippen molar-refractivity contribution in [3.63, 3.8) is 0 Å². The highest BCUT2D eigenvalue weighted by Gasteiger charge is 2.41. The molecule has 0 spiro atoms. The number of aliphatic imine (C=N–C) groups is 1. The van der Waals surface area contributed by atoms with Gasteiger partial charge in [0.25, 0.3) is 0 Å². The second-order valence-corrected chi connectivity index (χ2v) is 6.55. The molecule has 1 amide bonds. The van der Waals surface area contributed by atoms with Crippen LogP contribution in [0.3, 0.4) is 0 Å². The zero-order valence-corrected chi connectivity index (χ0v) is 17.2. The van der Waals surface area contributed by atoms with E-state index in [1.807, 2.05) is 27.9 Å². The van der Waals surface area contributed by atoms with Gasteiger partial charge in [0.2, 0.25) is 5.91 Å². The highest BCUT2D eigenvalue weighted by atomic mass is 127. The Morgan fingerprint density at radius 3 is 2.39 bits per heavy atom. The third-order valence-corrected chi connectivity index (χ3v) is 4.23. The van der Waals surface area contributed by atoms with Crippen molar-refractivity contribution >= 4 is 35.8 Å². The summed E-state index contributed by atoms with van der Waals surface area (Å²) in [5, 5.41) is 15.5. The van der Waals surface area contributed by atoms with Crippen molar-refractivity contribution in [2.45, 2.75) is 39.5 Å². The number of nitrogens with one attached hydrogen (secondary N) is 2. The van der Waals surface area contributed by atoms with Crippen molar-refractivity contribution in [3.05, 3.63) is 0 Å². The molecule has 6 nitrogen and oxygen atoms in total. The highest BCUT2D eigenvalue weighted by molar-refractivity contribution is 14.0. The molecule has 0 radical (unpaired) electrons. The number of carbonyl (C=O) groups excluding carboxylic acids is 1. The summed E-state index contributed by atoms with van der Waals surface area (Å²) in [5.74, 6) is 1.08. The first kappa shape index (κ1) is 22.4. The summed E-state index contributed by atoms with van der Waals surface area (Å²) in [5.41, 5.74) is -0.339. The second kappa shape index (κ2) is 11.1. The van der Waals surface area contributed by atoms with Crippen molar-refractivity contribution in [1.82, 2.24) is 15.5 Å². The van der Waals surface area contributed by atoms with Crippen LogP contribution in [0.25, 0.3) is 0 Å². The zero-order valence-electron chi connectivity index (χ0n) is 14.9. The van der Waals surface area contributed by atoms with Crippen LogP contribution in [-0.4, -0.2) is 62.2 Å². The smallest absolute Gasteiger partial charge is 0.230 e. The number of nitrogens with zero attached hydrogens (tertiary/aromatic N) is 2. The van der Waals surface area contributed by atoms with Gasteiger partial charge in [0.15, 0.2) is 5.96 Å². The first-order chi connectivity index (χ1) is 10.4. The number of guanidine groups is 1. The number of aliphatic hydroxyl groups excluding tert-OH is 1. The molecule has 0 saturated heterocycles. The Morgan fingerprint density at radius 1 is 1.30 bits per heavy atom. The SMILES string of the molecule is CCNC(=NCC1(C(=O)N(C)C)CCCC1)NCC(C)CO.I. The van der Waals surface area contributed by atoms with E-state index in [4.69, 9.17) is 5.11 Å². The van der Waals surface area contributed by atoms with Crippen LogP contribution in [0.15, 0.2) is 4.99 Å². The number of halogens is 1. The van der Waals surface area contributed by atoms with Crippen LogP contribution in [0.4, 0.5) is 0 Å². The van der Waals surface area contributed by atoms with E-state index in [1.54, 1.807) is 4.90 Å². The normalized spacial score (nSPS) is 18.0. The number of amides is 1. The van der Waals surface area contributed by atoms with Gasteiger partial charge in [0.05, 0.1) is 12.0 Å². The Kier molecular flexibility index (Phi) is 10.8. The van der Waals surface area contributed by atoms with Crippen LogP contribution in [0.5, 0.6) is 0 Å². The Balaban J connectivity index is 0.00000484. The summed E-state index contributed by atoms with van der Waals surface area (Å²) in [6.07, 6.45) is 4.03. The molecule has 3 N–H and O–H groups in total. The van der Waals surface area contributed by atoms with Crippen LogP contribution in [-0.2, 0) is 4.79 Å². The minimum Gasteiger partial charge on any atom is -0.396 e. The molecule has 1 fully saturated rings. The van der Waals surface area contributed by atoms with E-state index in [0.29, 0.717) is 13.1 Å². The lowest BCUT2D eigenvalue weighted by atomic mass is 9.85. The summed E-state index contributed by atoms with van der Waals surface area (Å²) >= 11 is 0. The van der Waals surface area contributed by atoms with Crippen LogP contribution in [0.2, 0.25) is 0 Å². The summed E-state index contributed by atoms with van der Waals surface area (Å²) in [6.45, 7) is 6.10. The molecule has 0 aliphatic heterocycles. The van der Waals surface area contributed by atoms with E-state index in [9.17, 15) is 4.79 Å². The second-order valence-electron chi connectivity index (χ2n) is 6.55. The van der Waals surface area contributed by atoms with Gasteiger partial charge in [-0.25, -0.2) is 0 Å². The molecule has 7 heteroatoms. The van der Waals surface area contributed by atoms with Gasteiger partial charge in [0, 0.05) is 33.8 Å². The molecule has 1 saturated carbocycles. The molecule has 23 heavy (non-hydrogen) atoms. The Labute approximate surface area is 157 Å². The molecule has 1 aliphatic rings. The fourth-order valence-electron chi connectivity index (χ4n) is 2.87. The van der Waals surface area contributed by atoms with Gasteiger partial charge in [-0.05, 0) is 25.7 Å². The molecule has 136 valence electrons. The average molecular weight is 440 g/mol. The maximum Gasteiger partial charge on any atom is 0.230 e. The van der Waals surface area contributed by atoms with Gasteiger partial charge < -0.3 is 20.6 Å². The maximum absolute atomic E-state index is 12.5. The maximum atomic E-state index is 12.5. The molecule has 0 heterocycles. The number of hydrogen-bond donors (Lipinski definition) is 3. The lowest BCUT2D eigenvalue weighted by Crippen LogP contribution is -2.43. The largest absolute Gasteiger partial charge is 0.396 e. The van der Waals surface area contributed by atoms with Gasteiger partial charge in [-0.15, -0.1) is 24.0 Å². The quantitative estimate of drug-likeness (QED) is 0.318. The molecular weight excluding hydrogens is 407 g/mol. The minimum absolute atomic E-state index is 0. The lowest BCUT2D eigenvalue weighted by Gasteiger charge is -2.29. The molecule has 0 aromatic carbocycles. The van der Waals surface area contributed by atoms with Crippen LogP contribution >= 0.6 is 24.0 Å². The minimum atomic E-state index is -0.339. The van der Waals surface area contributed by atoms with Gasteiger partial charge in [-0.2, -0.15) is 0 Å². The summed E-state index contributed by atoms with van der Waals surface area (Å²) in [4.78, 5) is 18.9. The molecular formula is C16H33IN4O2. The Morgan fingerprint density at radius 2 is 1.91 bits per heavy atom. The van der Waals surface area contributed by atoms with Crippen LogP contribution in [0, 0.1) is 11.3 Å². The Bertz CT molecular complexity index is 382. The number of rotatable bonds is 7. The zero-order chi connectivity index (χ0) is 16.6. The molecule has 0 aromatic heterocycles. The van der Waals surface area contributed by atoms with Crippen LogP contribution < -0.4 is 10.6 Å². The van der Waals surface area contributed by atoms with Crippen molar-refractivity contribution in [3.8, 4) is 0 Å². The van der Waals surface area contributed by atoms with Crippen molar-refractivity contribution in [2.24, 2.45) is 16.3 Å². The van der Waals surface area contributed by atoms with Crippen molar-refractivity contribution < 1.29 is 9.90 Å². The van der Waals surface area contributed by atoms with Crippen molar-refractivity contribution in [2.75, 3.05) is 40.3 Å². The summed E-state index contributed by atoms with van der Waals surface area (Å²) in [6, 6.07) is 0. The van der Waals surface area contributed by atoms with E-state index in [-0.39, 0.29) is 47.8 Å². The molecule has 0 aromatic rings. The first-order valence-electron chi connectivity index (χ1n) is 8.30. The average Bonchev–Trinajstić information content (AvgIpc) is 2.98. The molecule has 1 aliphatic carbocycles. The number of carbonyl (C=O) groups is 1. The van der Waals surface area contributed by atoms with Gasteiger partial charge in [-0.3, -0.25) is 9.79 Å². The van der Waals surface area contributed by atoms with E-state index >= 15 is 0 Å². The Hall–Kier alpha value is -0.570. The molecule has 1 atom stereocenters. The van der Waals surface area contributed by atoms with Gasteiger partial charge in [0.1, 0.15) is 0 Å². The fourth-order valence-corrected chi connectivity index (χ4v) is 2.87. The third kappa shape index (κ3) is 6.82. The monoisotopic (exact) mass is 440 g/mol. The van der Waals surface area contributed by atoms with Gasteiger partial charge >= 0.3 is 0 Å². The summed E-state index contributed by atoms with van der Waals surface area (Å²) in [7, 11) is 3.64. The molecule has 1 rings (SSSR count).